The molecule has 0 aliphatic carbocycles. The van der Waals surface area contributed by atoms with E-state index >= 15 is 0 Å². The highest BCUT2D eigenvalue weighted by molar-refractivity contribution is 5.31. The smallest absolute Gasteiger partial charge is 0.168 e. The Hall–Kier alpha value is -1.09. The van der Waals surface area contributed by atoms with Crippen LogP contribution in [0.3, 0.4) is 0 Å². The van der Waals surface area contributed by atoms with Gasteiger partial charge in [-0.1, -0.05) is 39.8 Å². The van der Waals surface area contributed by atoms with E-state index in [4.69, 9.17) is 4.74 Å². The zero-order valence-corrected chi connectivity index (χ0v) is 12.5. The second-order valence-corrected chi connectivity index (χ2v) is 6.29. The summed E-state index contributed by atoms with van der Waals surface area (Å²) in [7, 11) is 1.44. The van der Waals surface area contributed by atoms with E-state index in [1.165, 1.54) is 7.11 Å². The largest absolute Gasteiger partial charge is 0.494 e. The van der Waals surface area contributed by atoms with E-state index in [0.717, 1.165) is 0 Å². The number of hydrogen-bond acceptors (Lipinski definition) is 2. The van der Waals surface area contributed by atoms with Crippen molar-refractivity contribution in [3.63, 3.8) is 0 Å². The lowest BCUT2D eigenvalue weighted by atomic mass is 9.78. The van der Waals surface area contributed by atoms with Gasteiger partial charge in [0.1, 0.15) is 0 Å². The van der Waals surface area contributed by atoms with Crippen molar-refractivity contribution in [1.82, 2.24) is 0 Å². The number of halogens is 1. The molecule has 0 amide bonds. The fourth-order valence-corrected chi connectivity index (χ4v) is 1.97. The number of methoxy groups -OCH3 is 1. The molecule has 0 aromatic heterocycles. The van der Waals surface area contributed by atoms with Crippen molar-refractivity contribution in [1.29, 1.82) is 0 Å². The Morgan fingerprint density at radius 2 is 1.95 bits per heavy atom. The zero-order valence-electron chi connectivity index (χ0n) is 12.5. The van der Waals surface area contributed by atoms with E-state index in [2.05, 4.69) is 27.7 Å². The van der Waals surface area contributed by atoms with Crippen molar-refractivity contribution in [3.8, 4) is 5.75 Å². The lowest BCUT2D eigenvalue weighted by Gasteiger charge is -2.29. The fourth-order valence-electron chi connectivity index (χ4n) is 1.97. The molecule has 1 aromatic carbocycles. The molecular weight excluding hydrogens is 243 g/mol. The molecule has 0 spiro atoms. The molecule has 1 N–H and O–H groups in total. The first kappa shape index (κ1) is 16.0. The SMILES string of the molecule is COc1cccc(CC(O)CC(C)C(C)(C)C)c1F. The molecule has 2 atom stereocenters. The molecule has 108 valence electrons. The van der Waals surface area contributed by atoms with Gasteiger partial charge >= 0.3 is 0 Å². The van der Waals surface area contributed by atoms with Gasteiger partial charge in [-0.3, -0.25) is 0 Å². The molecule has 2 nitrogen and oxygen atoms in total. The number of aliphatic hydroxyl groups excluding tert-OH is 1. The van der Waals surface area contributed by atoms with Gasteiger partial charge in [0.25, 0.3) is 0 Å². The van der Waals surface area contributed by atoms with Crippen LogP contribution in [0.2, 0.25) is 0 Å². The summed E-state index contributed by atoms with van der Waals surface area (Å²) in [4.78, 5) is 0. The quantitative estimate of drug-likeness (QED) is 0.880. The Balaban J connectivity index is 2.70. The molecule has 19 heavy (non-hydrogen) atoms. The predicted molar refractivity (Wildman–Crippen MR) is 75.9 cm³/mol. The third-order valence-corrected chi connectivity index (χ3v) is 3.82. The van der Waals surface area contributed by atoms with E-state index in [0.29, 0.717) is 24.3 Å². The molecule has 1 rings (SSSR count). The number of ether oxygens (including phenoxy) is 1. The van der Waals surface area contributed by atoms with Gasteiger partial charge in [0.05, 0.1) is 13.2 Å². The maximum Gasteiger partial charge on any atom is 0.168 e. The third kappa shape index (κ3) is 4.50. The summed E-state index contributed by atoms with van der Waals surface area (Å²) >= 11 is 0. The van der Waals surface area contributed by atoms with Crippen LogP contribution in [0.4, 0.5) is 4.39 Å². The highest BCUT2D eigenvalue weighted by Gasteiger charge is 2.23. The van der Waals surface area contributed by atoms with Crippen molar-refractivity contribution in [3.05, 3.63) is 29.6 Å². The first-order valence-electron chi connectivity index (χ1n) is 6.75. The van der Waals surface area contributed by atoms with Crippen molar-refractivity contribution >= 4 is 0 Å². The lowest BCUT2D eigenvalue weighted by molar-refractivity contribution is 0.109. The van der Waals surface area contributed by atoms with Gasteiger partial charge in [-0.15, -0.1) is 0 Å². The van der Waals surface area contributed by atoms with E-state index in [1.807, 2.05) is 0 Å². The Morgan fingerprint density at radius 1 is 1.32 bits per heavy atom. The Morgan fingerprint density at radius 3 is 2.47 bits per heavy atom. The third-order valence-electron chi connectivity index (χ3n) is 3.82. The van der Waals surface area contributed by atoms with Crippen molar-refractivity contribution in [2.45, 2.75) is 46.6 Å². The lowest BCUT2D eigenvalue weighted by Crippen LogP contribution is -2.24. The molecule has 0 radical (unpaired) electrons. The van der Waals surface area contributed by atoms with Crippen molar-refractivity contribution in [2.24, 2.45) is 11.3 Å². The zero-order chi connectivity index (χ0) is 14.6. The van der Waals surface area contributed by atoms with Crippen LogP contribution in [-0.2, 0) is 6.42 Å². The van der Waals surface area contributed by atoms with Crippen molar-refractivity contribution in [2.75, 3.05) is 7.11 Å². The highest BCUT2D eigenvalue weighted by atomic mass is 19.1. The minimum Gasteiger partial charge on any atom is -0.494 e. The molecule has 1 aromatic rings. The Kier molecular flexibility index (Phi) is 5.36. The summed E-state index contributed by atoms with van der Waals surface area (Å²) in [5.41, 5.74) is 0.654. The average Bonchev–Trinajstić information content (AvgIpc) is 2.30. The van der Waals surface area contributed by atoms with Gasteiger partial charge in [-0.2, -0.15) is 0 Å². The maximum absolute atomic E-state index is 14.0. The number of aliphatic hydroxyl groups is 1. The van der Waals surface area contributed by atoms with Crippen molar-refractivity contribution < 1.29 is 14.2 Å². The van der Waals surface area contributed by atoms with Gasteiger partial charge in [-0.05, 0) is 29.4 Å². The molecule has 3 heteroatoms. The highest BCUT2D eigenvalue weighted by Crippen LogP contribution is 2.30. The van der Waals surface area contributed by atoms with Gasteiger partial charge < -0.3 is 9.84 Å². The standard InChI is InChI=1S/C16H25FO2/c1-11(16(2,3)4)9-13(18)10-12-7-6-8-14(19-5)15(12)17/h6-8,11,13,18H,9-10H2,1-5H3. The van der Waals surface area contributed by atoms with E-state index < -0.39 is 6.10 Å². The summed E-state index contributed by atoms with van der Waals surface area (Å²) < 4.78 is 18.9. The van der Waals surface area contributed by atoms with Crippen LogP contribution in [0.1, 0.15) is 39.7 Å². The van der Waals surface area contributed by atoms with Crippen LogP contribution in [0, 0.1) is 17.2 Å². The maximum atomic E-state index is 14.0. The van der Waals surface area contributed by atoms with Crippen LogP contribution in [-0.4, -0.2) is 18.3 Å². The van der Waals surface area contributed by atoms with Crippen LogP contribution < -0.4 is 4.74 Å². The van der Waals surface area contributed by atoms with Crippen LogP contribution in [0.5, 0.6) is 5.75 Å². The van der Waals surface area contributed by atoms with E-state index in [1.54, 1.807) is 18.2 Å². The molecule has 0 heterocycles. The minimum absolute atomic E-state index is 0.147. The predicted octanol–water partition coefficient (Wildman–Crippen LogP) is 3.81. The number of hydrogen-bond donors (Lipinski definition) is 1. The summed E-state index contributed by atoms with van der Waals surface area (Å²) in [5.74, 6) is 0.234. The molecule has 0 fully saturated rings. The Bertz CT molecular complexity index is 410. The monoisotopic (exact) mass is 268 g/mol. The molecule has 0 bridgehead atoms. The van der Waals surface area contributed by atoms with Gasteiger partial charge in [0, 0.05) is 6.42 Å². The van der Waals surface area contributed by atoms with E-state index in [9.17, 15) is 9.50 Å². The van der Waals surface area contributed by atoms with Gasteiger partial charge in [-0.25, -0.2) is 4.39 Å². The second-order valence-electron chi connectivity index (χ2n) is 6.29. The second kappa shape index (κ2) is 6.38. The molecule has 0 aliphatic heterocycles. The van der Waals surface area contributed by atoms with Gasteiger partial charge in [0.15, 0.2) is 11.6 Å². The normalized spacial score (nSPS) is 15.1. The van der Waals surface area contributed by atoms with E-state index in [-0.39, 0.29) is 17.0 Å². The molecule has 0 saturated carbocycles. The summed E-state index contributed by atoms with van der Waals surface area (Å²) in [6.07, 6.45) is 0.458. The summed E-state index contributed by atoms with van der Waals surface area (Å²) in [6, 6.07) is 5.03. The first-order valence-corrected chi connectivity index (χ1v) is 6.75. The summed E-state index contributed by atoms with van der Waals surface area (Å²) in [5, 5.41) is 10.1. The molecular formula is C16H25FO2. The first-order chi connectivity index (χ1) is 8.75. The van der Waals surface area contributed by atoms with Crippen LogP contribution in [0.15, 0.2) is 18.2 Å². The fraction of sp³-hybridized carbons (Fsp3) is 0.625. The topological polar surface area (TPSA) is 29.5 Å². The number of benzene rings is 1. The van der Waals surface area contributed by atoms with Crippen LogP contribution >= 0.6 is 0 Å². The number of rotatable bonds is 5. The Labute approximate surface area is 115 Å². The van der Waals surface area contributed by atoms with Gasteiger partial charge in [0.2, 0.25) is 0 Å². The average molecular weight is 268 g/mol. The minimum atomic E-state index is -0.532. The molecule has 2 unspecified atom stereocenters. The summed E-state index contributed by atoms with van der Waals surface area (Å²) in [6.45, 7) is 8.56. The molecule has 0 saturated heterocycles. The molecule has 0 aliphatic rings. The van der Waals surface area contributed by atoms with Crippen LogP contribution in [0.25, 0.3) is 0 Å².